The summed E-state index contributed by atoms with van der Waals surface area (Å²) in [7, 11) is 1.36. The van der Waals surface area contributed by atoms with Gasteiger partial charge in [-0.05, 0) is 39.7 Å². The van der Waals surface area contributed by atoms with E-state index in [1.807, 2.05) is 18.2 Å². The molecular weight excluding hydrogens is 274 g/mol. The van der Waals surface area contributed by atoms with E-state index in [9.17, 15) is 4.79 Å². The molecule has 84 valence electrons. The maximum absolute atomic E-state index is 11.2. The van der Waals surface area contributed by atoms with Crippen molar-refractivity contribution in [3.05, 3.63) is 46.1 Å². The second kappa shape index (κ2) is 4.67. The third kappa shape index (κ3) is 2.25. The number of ether oxygens (including phenoxy) is 1. The van der Waals surface area contributed by atoms with Gasteiger partial charge in [-0.25, -0.2) is 4.79 Å². The SMILES string of the molecule is COC(=O)c1ccc([C@@H]2C=C(Br)NO2)cc1. The Bertz CT molecular complexity index is 427. The molecule has 1 aliphatic heterocycles. The van der Waals surface area contributed by atoms with Gasteiger partial charge in [0, 0.05) is 0 Å². The van der Waals surface area contributed by atoms with Gasteiger partial charge in [0.1, 0.15) is 10.7 Å². The fraction of sp³-hybridized carbons (Fsp3) is 0.182. The lowest BCUT2D eigenvalue weighted by atomic mass is 10.1. The molecule has 5 heteroatoms. The average molecular weight is 284 g/mol. The normalized spacial score (nSPS) is 18.9. The van der Waals surface area contributed by atoms with Crippen LogP contribution < -0.4 is 5.48 Å². The van der Waals surface area contributed by atoms with Crippen LogP contribution in [0, 0.1) is 0 Å². The van der Waals surface area contributed by atoms with Crippen LogP contribution in [0.3, 0.4) is 0 Å². The molecule has 0 fully saturated rings. The highest BCUT2D eigenvalue weighted by atomic mass is 79.9. The van der Waals surface area contributed by atoms with Crippen molar-refractivity contribution in [2.45, 2.75) is 6.10 Å². The van der Waals surface area contributed by atoms with Gasteiger partial charge in [-0.3, -0.25) is 10.3 Å². The van der Waals surface area contributed by atoms with Gasteiger partial charge >= 0.3 is 5.97 Å². The number of benzene rings is 1. The van der Waals surface area contributed by atoms with Gasteiger partial charge in [-0.15, -0.1) is 0 Å². The van der Waals surface area contributed by atoms with Crippen LogP contribution in [0.25, 0.3) is 0 Å². The Morgan fingerprint density at radius 2 is 2.12 bits per heavy atom. The van der Waals surface area contributed by atoms with Crippen LogP contribution in [0.15, 0.2) is 34.9 Å². The molecule has 1 aromatic carbocycles. The molecule has 1 atom stereocenters. The van der Waals surface area contributed by atoms with Gasteiger partial charge < -0.3 is 4.74 Å². The van der Waals surface area contributed by atoms with Gasteiger partial charge in [0.05, 0.1) is 12.7 Å². The second-order valence-corrected chi connectivity index (χ2v) is 4.12. The zero-order valence-electron chi connectivity index (χ0n) is 8.57. The molecule has 4 nitrogen and oxygen atoms in total. The molecule has 0 amide bonds. The third-order valence-electron chi connectivity index (χ3n) is 2.24. The second-order valence-electron chi connectivity index (χ2n) is 3.27. The van der Waals surface area contributed by atoms with Gasteiger partial charge in [-0.2, -0.15) is 0 Å². The van der Waals surface area contributed by atoms with Crippen LogP contribution in [-0.2, 0) is 9.57 Å². The summed E-state index contributed by atoms with van der Waals surface area (Å²) in [6.07, 6.45) is 1.76. The van der Waals surface area contributed by atoms with Crippen LogP contribution in [-0.4, -0.2) is 13.1 Å². The van der Waals surface area contributed by atoms with Crippen LogP contribution >= 0.6 is 15.9 Å². The van der Waals surface area contributed by atoms with E-state index < -0.39 is 0 Å². The molecule has 1 aliphatic rings. The van der Waals surface area contributed by atoms with Crippen molar-refractivity contribution in [2.75, 3.05) is 7.11 Å². The van der Waals surface area contributed by atoms with E-state index in [4.69, 9.17) is 4.84 Å². The number of nitrogens with one attached hydrogen (secondary N) is 1. The van der Waals surface area contributed by atoms with E-state index in [1.54, 1.807) is 12.1 Å². The van der Waals surface area contributed by atoms with E-state index in [1.165, 1.54) is 7.11 Å². The van der Waals surface area contributed by atoms with Crippen molar-refractivity contribution < 1.29 is 14.4 Å². The molecule has 0 saturated carbocycles. The van der Waals surface area contributed by atoms with E-state index in [2.05, 4.69) is 26.1 Å². The molecule has 2 rings (SSSR count). The first-order chi connectivity index (χ1) is 7.70. The summed E-state index contributed by atoms with van der Waals surface area (Å²) in [5, 5.41) is 0. The highest BCUT2D eigenvalue weighted by Gasteiger charge is 2.17. The Kier molecular flexibility index (Phi) is 3.26. The van der Waals surface area contributed by atoms with Gasteiger partial charge in [0.25, 0.3) is 0 Å². The number of hydroxylamine groups is 1. The lowest BCUT2D eigenvalue weighted by Crippen LogP contribution is -2.06. The molecule has 0 radical (unpaired) electrons. The monoisotopic (exact) mass is 283 g/mol. The third-order valence-corrected chi connectivity index (χ3v) is 2.67. The quantitative estimate of drug-likeness (QED) is 0.668. The lowest BCUT2D eigenvalue weighted by molar-refractivity contribution is 0.0457. The van der Waals surface area contributed by atoms with E-state index in [-0.39, 0.29) is 12.1 Å². The van der Waals surface area contributed by atoms with Crippen molar-refractivity contribution in [3.63, 3.8) is 0 Å². The number of hydrogen-bond acceptors (Lipinski definition) is 4. The van der Waals surface area contributed by atoms with Crippen molar-refractivity contribution in [1.82, 2.24) is 5.48 Å². The summed E-state index contributed by atoms with van der Waals surface area (Å²) in [6.45, 7) is 0. The number of carbonyl (C=O) groups excluding carboxylic acids is 1. The minimum absolute atomic E-state index is 0.138. The molecular formula is C11H10BrNO3. The first kappa shape index (κ1) is 11.2. The topological polar surface area (TPSA) is 47.6 Å². The minimum atomic E-state index is -0.339. The summed E-state index contributed by atoms with van der Waals surface area (Å²) >= 11 is 3.28. The summed E-state index contributed by atoms with van der Waals surface area (Å²) in [5.74, 6) is -0.339. The van der Waals surface area contributed by atoms with E-state index in [0.29, 0.717) is 5.56 Å². The summed E-state index contributed by atoms with van der Waals surface area (Å²) in [4.78, 5) is 16.5. The molecule has 1 heterocycles. The van der Waals surface area contributed by atoms with Gasteiger partial charge in [0.15, 0.2) is 0 Å². The number of rotatable bonds is 2. The molecule has 16 heavy (non-hydrogen) atoms. The standard InChI is InChI=1S/C11H10BrNO3/c1-15-11(14)8-4-2-7(3-5-8)9-6-10(12)13-16-9/h2-6,9,13H,1H3/t9-/m0/s1. The summed E-state index contributed by atoms with van der Waals surface area (Å²) < 4.78 is 5.42. The maximum atomic E-state index is 11.2. The van der Waals surface area contributed by atoms with Gasteiger partial charge in [-0.1, -0.05) is 12.1 Å². The molecule has 0 unspecified atom stereocenters. The van der Waals surface area contributed by atoms with Crippen LogP contribution in [0.2, 0.25) is 0 Å². The zero-order chi connectivity index (χ0) is 11.5. The number of halogens is 1. The molecule has 0 aromatic heterocycles. The Morgan fingerprint density at radius 3 is 2.62 bits per heavy atom. The Labute approximate surface area is 101 Å². The smallest absolute Gasteiger partial charge is 0.337 e. The molecule has 0 aliphatic carbocycles. The largest absolute Gasteiger partial charge is 0.465 e. The molecule has 1 aromatic rings. The number of methoxy groups -OCH3 is 1. The molecule has 0 bridgehead atoms. The minimum Gasteiger partial charge on any atom is -0.465 e. The van der Waals surface area contributed by atoms with Crippen molar-refractivity contribution in [1.29, 1.82) is 0 Å². The first-order valence-electron chi connectivity index (χ1n) is 4.68. The fourth-order valence-corrected chi connectivity index (χ4v) is 1.75. The highest BCUT2D eigenvalue weighted by Crippen LogP contribution is 2.26. The Morgan fingerprint density at radius 1 is 1.44 bits per heavy atom. The number of carbonyl (C=O) groups is 1. The summed E-state index contributed by atoms with van der Waals surface area (Å²) in [6, 6.07) is 7.09. The van der Waals surface area contributed by atoms with Crippen molar-refractivity contribution in [2.24, 2.45) is 0 Å². The summed E-state index contributed by atoms with van der Waals surface area (Å²) in [5.41, 5.74) is 4.20. The Hall–Kier alpha value is -1.33. The lowest BCUT2D eigenvalue weighted by Gasteiger charge is -2.07. The van der Waals surface area contributed by atoms with E-state index >= 15 is 0 Å². The Balaban J connectivity index is 2.16. The predicted molar refractivity (Wildman–Crippen MR) is 61.8 cm³/mol. The zero-order valence-corrected chi connectivity index (χ0v) is 10.2. The van der Waals surface area contributed by atoms with Crippen molar-refractivity contribution in [3.8, 4) is 0 Å². The highest BCUT2D eigenvalue weighted by molar-refractivity contribution is 9.11. The van der Waals surface area contributed by atoms with Crippen LogP contribution in [0.4, 0.5) is 0 Å². The van der Waals surface area contributed by atoms with Crippen LogP contribution in [0.5, 0.6) is 0 Å². The van der Waals surface area contributed by atoms with Crippen LogP contribution in [0.1, 0.15) is 22.0 Å². The number of hydrogen-bond donors (Lipinski definition) is 1. The average Bonchev–Trinajstić information content (AvgIpc) is 2.75. The van der Waals surface area contributed by atoms with Gasteiger partial charge in [0.2, 0.25) is 0 Å². The van der Waals surface area contributed by atoms with Crippen molar-refractivity contribution >= 4 is 21.9 Å². The number of esters is 1. The predicted octanol–water partition coefficient (Wildman–Crippen LogP) is 2.29. The molecule has 1 N–H and O–H groups in total. The van der Waals surface area contributed by atoms with E-state index in [0.717, 1.165) is 10.2 Å². The molecule has 0 spiro atoms. The first-order valence-corrected chi connectivity index (χ1v) is 5.47. The maximum Gasteiger partial charge on any atom is 0.337 e. The fourth-order valence-electron chi connectivity index (χ4n) is 1.41. The molecule has 0 saturated heterocycles.